The van der Waals surface area contributed by atoms with E-state index < -0.39 is 29.0 Å². The number of carbonyl (C=O) groups is 3. The molecule has 6 nitrogen and oxygen atoms in total. The summed E-state index contributed by atoms with van der Waals surface area (Å²) in [6, 6.07) is 3.62. The fourth-order valence-corrected chi connectivity index (χ4v) is 1.08. The first-order valence-electron chi connectivity index (χ1n) is 4.40. The maximum Gasteiger partial charge on any atom is 0.376 e. The zero-order valence-corrected chi connectivity index (χ0v) is 8.38. The summed E-state index contributed by atoms with van der Waals surface area (Å²) >= 11 is 0. The van der Waals surface area contributed by atoms with Crippen molar-refractivity contribution in [2.45, 2.75) is 0 Å². The quantitative estimate of drug-likeness (QED) is 0.516. The lowest BCUT2D eigenvalue weighted by molar-refractivity contribution is -0.276. The first kappa shape index (κ1) is 12.4. The highest BCUT2D eigenvalue weighted by molar-refractivity contribution is 6.38. The van der Waals surface area contributed by atoms with E-state index >= 15 is 0 Å². The predicted molar refractivity (Wildman–Crippen MR) is 51.9 cm³/mol. The van der Waals surface area contributed by atoms with Crippen LogP contribution in [0, 0.1) is 0 Å². The molecule has 0 aromatic heterocycles. The van der Waals surface area contributed by atoms with Gasteiger partial charge in [-0.15, -0.1) is 0 Å². The second-order valence-corrected chi connectivity index (χ2v) is 3.01. The summed E-state index contributed by atoms with van der Waals surface area (Å²) in [6.45, 7) is 0. The Morgan fingerprint density at radius 1 is 1.24 bits per heavy atom. The summed E-state index contributed by atoms with van der Waals surface area (Å²) in [4.78, 5) is 31.5. The molecule has 17 heavy (non-hydrogen) atoms. The van der Waals surface area contributed by atoms with Gasteiger partial charge in [-0.1, -0.05) is 30.0 Å². The molecule has 1 N–H and O–H groups in total. The third-order valence-corrected chi connectivity index (χ3v) is 1.89. The van der Waals surface area contributed by atoms with E-state index in [4.69, 9.17) is 5.11 Å². The van der Waals surface area contributed by atoms with Crippen molar-refractivity contribution in [1.29, 1.82) is 0 Å². The maximum atomic E-state index is 11.5. The number of carbonyl (C=O) groups excluding carboxylic acids is 2. The number of para-hydroxylation sites is 1. The summed E-state index contributed by atoms with van der Waals surface area (Å²) in [5, 5.41) is 30.3. The van der Waals surface area contributed by atoms with Gasteiger partial charge in [-0.25, -0.2) is 4.79 Å². The van der Waals surface area contributed by atoms with Crippen LogP contribution in [-0.4, -0.2) is 22.8 Å². The van der Waals surface area contributed by atoms with Crippen LogP contribution in [-0.2, 0) is 9.59 Å². The third kappa shape index (κ3) is 2.91. The van der Waals surface area contributed by atoms with E-state index in [2.05, 4.69) is 0 Å². The van der Waals surface area contributed by atoms with Gasteiger partial charge in [-0.3, -0.25) is 4.79 Å². The molecule has 0 amide bonds. The highest BCUT2D eigenvalue weighted by Gasteiger charge is 2.06. The van der Waals surface area contributed by atoms with Crippen LogP contribution in [0.1, 0.15) is 15.9 Å². The van der Waals surface area contributed by atoms with Gasteiger partial charge in [0.05, 0.1) is 5.97 Å². The van der Waals surface area contributed by atoms with Crippen LogP contribution in [0.15, 0.2) is 24.3 Å². The Kier molecular flexibility index (Phi) is 3.61. The van der Waals surface area contributed by atoms with E-state index in [-0.39, 0.29) is 5.56 Å². The van der Waals surface area contributed by atoms with Crippen LogP contribution in [0.5, 0.6) is 5.75 Å². The van der Waals surface area contributed by atoms with Gasteiger partial charge in [-0.2, -0.15) is 0 Å². The SMILES string of the molecule is O=C(O)C(=O)/C=C/c1cccc(C(=O)[O-])c1[O-]. The molecule has 0 radical (unpaired) electrons. The van der Waals surface area contributed by atoms with Crippen molar-refractivity contribution in [1.82, 2.24) is 0 Å². The highest BCUT2D eigenvalue weighted by Crippen LogP contribution is 2.19. The Morgan fingerprint density at radius 3 is 2.41 bits per heavy atom. The predicted octanol–water partition coefficient (Wildman–Crippen LogP) is -1.21. The third-order valence-electron chi connectivity index (χ3n) is 1.89. The van der Waals surface area contributed by atoms with Gasteiger partial charge in [0.25, 0.3) is 5.78 Å². The average molecular weight is 234 g/mol. The molecule has 88 valence electrons. The van der Waals surface area contributed by atoms with Gasteiger partial charge >= 0.3 is 5.97 Å². The lowest BCUT2D eigenvalue weighted by atomic mass is 10.1. The minimum absolute atomic E-state index is 0.0960. The zero-order valence-electron chi connectivity index (χ0n) is 8.38. The Hall–Kier alpha value is -2.63. The Morgan fingerprint density at radius 2 is 1.88 bits per heavy atom. The lowest BCUT2D eigenvalue weighted by Gasteiger charge is -2.16. The van der Waals surface area contributed by atoms with Crippen LogP contribution < -0.4 is 10.2 Å². The average Bonchev–Trinajstić information content (AvgIpc) is 2.26. The second kappa shape index (κ2) is 4.93. The number of benzene rings is 1. The largest absolute Gasteiger partial charge is 0.872 e. The van der Waals surface area contributed by atoms with Crippen molar-refractivity contribution in [3.05, 3.63) is 35.4 Å². The number of rotatable bonds is 4. The van der Waals surface area contributed by atoms with Crippen molar-refractivity contribution in [2.75, 3.05) is 0 Å². The van der Waals surface area contributed by atoms with Crippen molar-refractivity contribution < 1.29 is 29.7 Å². The van der Waals surface area contributed by atoms with E-state index in [1.807, 2.05) is 0 Å². The van der Waals surface area contributed by atoms with Crippen LogP contribution in [0.25, 0.3) is 6.08 Å². The van der Waals surface area contributed by atoms with Crippen molar-refractivity contribution in [3.8, 4) is 5.75 Å². The molecule has 0 aliphatic carbocycles. The molecule has 0 aliphatic heterocycles. The minimum atomic E-state index is -1.66. The summed E-state index contributed by atoms with van der Waals surface area (Å²) in [7, 11) is 0. The van der Waals surface area contributed by atoms with Crippen molar-refractivity contribution in [3.63, 3.8) is 0 Å². The fraction of sp³-hybridized carbons (Fsp3) is 0. The van der Waals surface area contributed by atoms with Gasteiger partial charge in [0.15, 0.2) is 0 Å². The normalized spacial score (nSPS) is 10.4. The Bertz CT molecular complexity index is 515. The smallest absolute Gasteiger partial charge is 0.376 e. The van der Waals surface area contributed by atoms with Crippen LogP contribution >= 0.6 is 0 Å². The number of hydrogen-bond donors (Lipinski definition) is 1. The first-order valence-corrected chi connectivity index (χ1v) is 4.40. The number of ketones is 1. The van der Waals surface area contributed by atoms with E-state index in [1.165, 1.54) is 12.1 Å². The standard InChI is InChI=1S/C11H8O6/c12-8(11(16)17)5-4-6-2-1-3-7(9(6)13)10(14)15/h1-5,13H,(H,14,15)(H,16,17)/p-2/b5-4+. The van der Waals surface area contributed by atoms with Crippen LogP contribution in [0.2, 0.25) is 0 Å². The molecule has 0 saturated carbocycles. The minimum Gasteiger partial charge on any atom is -0.872 e. The van der Waals surface area contributed by atoms with Crippen molar-refractivity contribution in [2.24, 2.45) is 0 Å². The lowest BCUT2D eigenvalue weighted by Crippen LogP contribution is -2.23. The molecule has 0 heterocycles. The monoisotopic (exact) mass is 234 g/mol. The molecule has 1 aromatic rings. The molecule has 1 aromatic carbocycles. The van der Waals surface area contributed by atoms with Crippen molar-refractivity contribution >= 4 is 23.8 Å². The van der Waals surface area contributed by atoms with Crippen LogP contribution in [0.4, 0.5) is 0 Å². The van der Waals surface area contributed by atoms with E-state index in [0.29, 0.717) is 6.08 Å². The van der Waals surface area contributed by atoms with Gasteiger partial charge < -0.3 is 20.1 Å². The number of carboxylic acids is 2. The molecule has 0 bridgehead atoms. The van der Waals surface area contributed by atoms with Gasteiger partial charge in [-0.05, 0) is 17.2 Å². The molecule has 1 rings (SSSR count). The van der Waals surface area contributed by atoms with Gasteiger partial charge in [0.2, 0.25) is 0 Å². The fourth-order valence-electron chi connectivity index (χ4n) is 1.08. The number of aromatic carboxylic acids is 1. The molecule has 0 atom stereocenters. The number of carboxylic acid groups (broad SMARTS) is 2. The molecule has 6 heteroatoms. The molecule has 0 aliphatic rings. The van der Waals surface area contributed by atoms with E-state index in [1.54, 1.807) is 0 Å². The molecule has 0 saturated heterocycles. The number of aliphatic carboxylic acids is 1. The summed E-state index contributed by atoms with van der Waals surface area (Å²) in [5.74, 6) is -5.33. The summed E-state index contributed by atoms with van der Waals surface area (Å²) in [5.41, 5.74) is -0.642. The number of hydrogen-bond acceptors (Lipinski definition) is 5. The topological polar surface area (TPSA) is 118 Å². The molecular formula is C11H6O6-2. The molecule has 0 spiro atoms. The zero-order chi connectivity index (χ0) is 13.0. The Labute approximate surface area is 95.4 Å². The van der Waals surface area contributed by atoms with E-state index in [0.717, 1.165) is 12.1 Å². The second-order valence-electron chi connectivity index (χ2n) is 3.01. The first-order chi connectivity index (χ1) is 7.93. The highest BCUT2D eigenvalue weighted by atomic mass is 16.4. The summed E-state index contributed by atoms with van der Waals surface area (Å²) < 4.78 is 0. The maximum absolute atomic E-state index is 11.5. The molecular weight excluding hydrogens is 228 g/mol. The molecule has 0 unspecified atom stereocenters. The Balaban J connectivity index is 3.08. The van der Waals surface area contributed by atoms with E-state index in [9.17, 15) is 24.6 Å². The molecule has 0 fully saturated rings. The van der Waals surface area contributed by atoms with Gasteiger partial charge in [0, 0.05) is 0 Å². The summed E-state index contributed by atoms with van der Waals surface area (Å²) in [6.07, 6.45) is 1.63. The van der Waals surface area contributed by atoms with Crippen LogP contribution in [0.3, 0.4) is 0 Å². The van der Waals surface area contributed by atoms with Gasteiger partial charge in [0.1, 0.15) is 0 Å².